The second kappa shape index (κ2) is 4.53. The Balaban J connectivity index is 2.18. The molecule has 1 aliphatic heterocycles. The molecule has 0 bridgehead atoms. The fraction of sp³-hybridized carbons (Fsp3) is 0.846. The molecule has 0 aromatic carbocycles. The molecule has 1 aliphatic carbocycles. The molecule has 1 saturated carbocycles. The molecule has 18 heavy (non-hydrogen) atoms. The molecule has 1 unspecified atom stereocenters. The number of carbonyl (C=O) groups excluding carboxylic acids is 1. The van der Waals surface area contributed by atoms with E-state index in [1.807, 2.05) is 7.05 Å². The van der Waals surface area contributed by atoms with Crippen molar-refractivity contribution in [3.63, 3.8) is 0 Å². The molecule has 0 aromatic rings. The molecule has 1 N–H and O–H groups in total. The van der Waals surface area contributed by atoms with E-state index in [-0.39, 0.29) is 23.9 Å². The number of hydrogen-bond acceptors (Lipinski definition) is 3. The molecule has 5 nitrogen and oxygen atoms in total. The van der Waals surface area contributed by atoms with Gasteiger partial charge in [-0.3, -0.25) is 14.5 Å². The van der Waals surface area contributed by atoms with E-state index in [1.165, 1.54) is 0 Å². The maximum absolute atomic E-state index is 12.3. The lowest BCUT2D eigenvalue weighted by Gasteiger charge is -2.50. The Morgan fingerprint density at radius 1 is 1.44 bits per heavy atom. The number of aliphatic carboxylic acids is 1. The summed E-state index contributed by atoms with van der Waals surface area (Å²) in [4.78, 5) is 27.0. The zero-order valence-electron chi connectivity index (χ0n) is 11.3. The minimum atomic E-state index is -0.829. The van der Waals surface area contributed by atoms with Crippen LogP contribution in [0.25, 0.3) is 0 Å². The first-order valence-electron chi connectivity index (χ1n) is 6.58. The lowest BCUT2D eigenvalue weighted by Crippen LogP contribution is -2.66. The Bertz CT molecular complexity index is 363. The van der Waals surface area contributed by atoms with Gasteiger partial charge in [0.1, 0.15) is 0 Å². The van der Waals surface area contributed by atoms with Crippen LogP contribution in [-0.4, -0.2) is 58.0 Å². The molecule has 0 spiro atoms. The summed E-state index contributed by atoms with van der Waals surface area (Å²) in [6.07, 6.45) is 2.73. The number of hydrogen-bond donors (Lipinski definition) is 1. The molecule has 1 atom stereocenters. The smallest absolute Gasteiger partial charge is 0.303 e. The average molecular weight is 254 g/mol. The lowest BCUT2D eigenvalue weighted by atomic mass is 9.92. The van der Waals surface area contributed by atoms with E-state index in [0.717, 1.165) is 12.8 Å². The molecule has 2 aliphatic rings. The Hall–Kier alpha value is -1.10. The minimum absolute atomic E-state index is 0.0591. The first-order valence-corrected chi connectivity index (χ1v) is 6.58. The third-order valence-electron chi connectivity index (χ3n) is 3.89. The van der Waals surface area contributed by atoms with Crippen molar-refractivity contribution in [2.45, 2.75) is 57.2 Å². The summed E-state index contributed by atoms with van der Waals surface area (Å²) in [6.45, 7) is 5.00. The summed E-state index contributed by atoms with van der Waals surface area (Å²) in [7, 11) is 1.81. The summed E-state index contributed by atoms with van der Waals surface area (Å²) >= 11 is 0. The van der Waals surface area contributed by atoms with E-state index >= 15 is 0 Å². The van der Waals surface area contributed by atoms with Gasteiger partial charge in [-0.2, -0.15) is 0 Å². The molecule has 2 rings (SSSR count). The number of amides is 1. The molecule has 1 heterocycles. The summed E-state index contributed by atoms with van der Waals surface area (Å²) in [5.41, 5.74) is -0.0625. The monoisotopic (exact) mass is 254 g/mol. The van der Waals surface area contributed by atoms with Gasteiger partial charge in [0.05, 0.1) is 6.04 Å². The normalized spacial score (nSPS) is 28.5. The number of likely N-dealkylation sites (N-methyl/N-ethyl adjacent to an activating group) is 1. The molecule has 1 amide bonds. The van der Waals surface area contributed by atoms with Gasteiger partial charge in [0, 0.05) is 31.6 Å². The van der Waals surface area contributed by atoms with Gasteiger partial charge in [0.25, 0.3) is 0 Å². The summed E-state index contributed by atoms with van der Waals surface area (Å²) in [5.74, 6) is -0.757. The SMILES string of the molecule is CN1CC(C)(C)N(C2CC2)C(CCC(=O)O)C1=O. The predicted molar refractivity (Wildman–Crippen MR) is 67.2 cm³/mol. The van der Waals surface area contributed by atoms with Crippen molar-refractivity contribution in [2.24, 2.45) is 0 Å². The van der Waals surface area contributed by atoms with E-state index in [1.54, 1.807) is 4.90 Å². The van der Waals surface area contributed by atoms with Gasteiger partial charge in [0.15, 0.2) is 0 Å². The number of carbonyl (C=O) groups is 2. The van der Waals surface area contributed by atoms with Gasteiger partial charge in [-0.05, 0) is 33.1 Å². The molecular formula is C13H22N2O3. The highest BCUT2D eigenvalue weighted by Gasteiger charge is 2.49. The largest absolute Gasteiger partial charge is 0.481 e. The molecule has 0 aromatic heterocycles. The third kappa shape index (κ3) is 2.51. The van der Waals surface area contributed by atoms with Crippen molar-refractivity contribution in [2.75, 3.05) is 13.6 Å². The number of rotatable bonds is 4. The van der Waals surface area contributed by atoms with E-state index in [2.05, 4.69) is 18.7 Å². The number of carboxylic acid groups (broad SMARTS) is 1. The second-order valence-corrected chi connectivity index (χ2v) is 6.09. The first-order chi connectivity index (χ1) is 8.33. The summed E-state index contributed by atoms with van der Waals surface area (Å²) in [6, 6.07) is 0.207. The highest BCUT2D eigenvalue weighted by atomic mass is 16.4. The molecular weight excluding hydrogens is 232 g/mol. The first kappa shape index (κ1) is 13.3. The van der Waals surface area contributed by atoms with Crippen LogP contribution in [0.2, 0.25) is 0 Å². The minimum Gasteiger partial charge on any atom is -0.481 e. The maximum Gasteiger partial charge on any atom is 0.303 e. The van der Waals surface area contributed by atoms with Crippen LogP contribution in [0.15, 0.2) is 0 Å². The maximum atomic E-state index is 12.3. The van der Waals surface area contributed by atoms with Gasteiger partial charge in [-0.15, -0.1) is 0 Å². The van der Waals surface area contributed by atoms with Gasteiger partial charge in [0.2, 0.25) is 5.91 Å². The fourth-order valence-corrected chi connectivity index (χ4v) is 3.16. The van der Waals surface area contributed by atoms with Crippen molar-refractivity contribution in [1.29, 1.82) is 0 Å². The molecule has 0 radical (unpaired) electrons. The van der Waals surface area contributed by atoms with Crippen molar-refractivity contribution < 1.29 is 14.7 Å². The van der Waals surface area contributed by atoms with Gasteiger partial charge in [-0.25, -0.2) is 0 Å². The van der Waals surface area contributed by atoms with Crippen LogP contribution in [0.1, 0.15) is 39.5 Å². The van der Waals surface area contributed by atoms with E-state index in [0.29, 0.717) is 19.0 Å². The third-order valence-corrected chi connectivity index (χ3v) is 3.89. The standard InChI is InChI=1S/C13H22N2O3/c1-13(2)8-14(3)12(18)10(6-7-11(16)17)15(13)9-4-5-9/h9-10H,4-8H2,1-3H3,(H,16,17). The Morgan fingerprint density at radius 2 is 2.06 bits per heavy atom. The Kier molecular flexibility index (Phi) is 3.36. The topological polar surface area (TPSA) is 60.9 Å². The van der Waals surface area contributed by atoms with Gasteiger partial charge >= 0.3 is 5.97 Å². The van der Waals surface area contributed by atoms with Crippen molar-refractivity contribution in [3.05, 3.63) is 0 Å². The van der Waals surface area contributed by atoms with Gasteiger partial charge in [-0.1, -0.05) is 0 Å². The van der Waals surface area contributed by atoms with Crippen LogP contribution >= 0.6 is 0 Å². The Labute approximate surface area is 108 Å². The molecule has 1 saturated heterocycles. The summed E-state index contributed by atoms with van der Waals surface area (Å²) < 4.78 is 0. The molecule has 2 fully saturated rings. The van der Waals surface area contributed by atoms with E-state index in [9.17, 15) is 9.59 Å². The van der Waals surface area contributed by atoms with Crippen LogP contribution < -0.4 is 0 Å². The van der Waals surface area contributed by atoms with Crippen LogP contribution in [0.5, 0.6) is 0 Å². The van der Waals surface area contributed by atoms with Gasteiger partial charge < -0.3 is 10.0 Å². The van der Waals surface area contributed by atoms with E-state index in [4.69, 9.17) is 5.11 Å². The number of carboxylic acids is 1. The zero-order valence-corrected chi connectivity index (χ0v) is 11.3. The van der Waals surface area contributed by atoms with E-state index < -0.39 is 5.97 Å². The van der Waals surface area contributed by atoms with Crippen LogP contribution in [-0.2, 0) is 9.59 Å². The number of piperazine rings is 1. The van der Waals surface area contributed by atoms with Crippen molar-refractivity contribution in [1.82, 2.24) is 9.80 Å². The zero-order chi connectivity index (χ0) is 13.5. The highest BCUT2D eigenvalue weighted by Crippen LogP contribution is 2.38. The predicted octanol–water partition coefficient (Wildman–Crippen LogP) is 0.935. The fourth-order valence-electron chi connectivity index (χ4n) is 3.16. The average Bonchev–Trinajstić information content (AvgIpc) is 3.03. The molecule has 5 heteroatoms. The number of nitrogens with zero attached hydrogens (tertiary/aromatic N) is 2. The Morgan fingerprint density at radius 3 is 2.56 bits per heavy atom. The molecule has 102 valence electrons. The lowest BCUT2D eigenvalue weighted by molar-refractivity contribution is -0.150. The van der Waals surface area contributed by atoms with Crippen LogP contribution in [0.4, 0.5) is 0 Å². The van der Waals surface area contributed by atoms with Crippen molar-refractivity contribution in [3.8, 4) is 0 Å². The summed E-state index contributed by atoms with van der Waals surface area (Å²) in [5, 5.41) is 8.82. The second-order valence-electron chi connectivity index (χ2n) is 6.09. The highest BCUT2D eigenvalue weighted by molar-refractivity contribution is 5.83. The van der Waals surface area contributed by atoms with Crippen LogP contribution in [0.3, 0.4) is 0 Å². The quantitative estimate of drug-likeness (QED) is 0.811. The van der Waals surface area contributed by atoms with Crippen molar-refractivity contribution >= 4 is 11.9 Å². The van der Waals surface area contributed by atoms with Crippen LogP contribution in [0, 0.1) is 0 Å².